The number of carbonyl (C=O) groups is 2. The molecule has 2 atom stereocenters. The van der Waals surface area contributed by atoms with Crippen molar-refractivity contribution in [2.45, 2.75) is 18.5 Å². The molecule has 94 valence electrons. The molecule has 0 fully saturated rings. The Kier molecular flexibility index (Phi) is 4.90. The van der Waals surface area contributed by atoms with E-state index in [9.17, 15) is 9.59 Å². The molecule has 0 spiro atoms. The lowest BCUT2D eigenvalue weighted by Gasteiger charge is -2.16. The average molecular weight is 246 g/mol. The normalized spacial score (nSPS) is 13.1. The summed E-state index contributed by atoms with van der Waals surface area (Å²) in [6.07, 6.45) is 4.95. The molecule has 1 amide bonds. The molecule has 18 heavy (non-hydrogen) atoms. The van der Waals surface area contributed by atoms with Crippen molar-refractivity contribution in [3.8, 4) is 12.3 Å². The van der Waals surface area contributed by atoms with Crippen LogP contribution in [0, 0.1) is 12.3 Å². The van der Waals surface area contributed by atoms with Crippen LogP contribution < -0.4 is 11.1 Å². The Morgan fingerprint density at radius 3 is 2.50 bits per heavy atom. The van der Waals surface area contributed by atoms with Gasteiger partial charge >= 0.3 is 5.97 Å². The number of rotatable bonds is 5. The zero-order valence-electron chi connectivity index (χ0n) is 9.67. The van der Waals surface area contributed by atoms with Gasteiger partial charge in [0.15, 0.2) is 0 Å². The predicted molar refractivity (Wildman–Crippen MR) is 66.4 cm³/mol. The van der Waals surface area contributed by atoms with Gasteiger partial charge in [-0.1, -0.05) is 30.3 Å². The fraction of sp³-hybridized carbons (Fsp3) is 0.231. The Hall–Kier alpha value is -2.32. The van der Waals surface area contributed by atoms with Crippen LogP contribution in [0.15, 0.2) is 30.3 Å². The van der Waals surface area contributed by atoms with Gasteiger partial charge < -0.3 is 16.2 Å². The summed E-state index contributed by atoms with van der Waals surface area (Å²) in [6, 6.07) is 6.66. The van der Waals surface area contributed by atoms with Crippen molar-refractivity contribution in [3.63, 3.8) is 0 Å². The molecule has 0 aliphatic carbocycles. The van der Waals surface area contributed by atoms with E-state index in [0.717, 1.165) is 0 Å². The average Bonchev–Trinajstić information content (AvgIpc) is 2.38. The predicted octanol–water partition coefficient (Wildman–Crippen LogP) is 0.279. The summed E-state index contributed by atoms with van der Waals surface area (Å²) in [5.41, 5.74) is 6.34. The smallest absolute Gasteiger partial charge is 0.327 e. The molecular formula is C13H14N2O3. The molecule has 0 saturated carbocycles. The van der Waals surface area contributed by atoms with Gasteiger partial charge in [0.1, 0.15) is 12.1 Å². The number of aliphatic carboxylic acids is 1. The largest absolute Gasteiger partial charge is 0.480 e. The molecule has 1 aromatic rings. The van der Waals surface area contributed by atoms with Gasteiger partial charge in [0.05, 0.1) is 0 Å². The zero-order chi connectivity index (χ0) is 13.5. The van der Waals surface area contributed by atoms with Crippen LogP contribution in [0.2, 0.25) is 0 Å². The van der Waals surface area contributed by atoms with Gasteiger partial charge in [0.25, 0.3) is 0 Å². The Balaban J connectivity index is 2.70. The summed E-state index contributed by atoms with van der Waals surface area (Å²) >= 11 is 0. The maximum atomic E-state index is 11.8. The summed E-state index contributed by atoms with van der Waals surface area (Å²) in [7, 11) is 0. The first-order valence-electron chi connectivity index (χ1n) is 5.33. The number of terminal acetylenes is 1. The molecule has 0 heterocycles. The number of nitrogens with one attached hydrogen (secondary N) is 1. The van der Waals surface area contributed by atoms with Gasteiger partial charge in [0.2, 0.25) is 5.91 Å². The Bertz CT molecular complexity index is 465. The molecule has 4 N–H and O–H groups in total. The minimum atomic E-state index is -1.18. The van der Waals surface area contributed by atoms with Gasteiger partial charge in [-0.3, -0.25) is 4.79 Å². The van der Waals surface area contributed by atoms with Crippen molar-refractivity contribution >= 4 is 11.9 Å². The lowest BCUT2D eigenvalue weighted by atomic mass is 10.1. The van der Waals surface area contributed by atoms with Gasteiger partial charge in [-0.05, 0) is 5.56 Å². The van der Waals surface area contributed by atoms with Crippen molar-refractivity contribution in [2.24, 2.45) is 5.73 Å². The SMILES string of the molecule is C#CCC(NC(=O)[C@@H](N)c1ccccc1)C(=O)O. The van der Waals surface area contributed by atoms with E-state index < -0.39 is 24.0 Å². The van der Waals surface area contributed by atoms with Gasteiger partial charge in [-0.25, -0.2) is 4.79 Å². The van der Waals surface area contributed by atoms with Crippen LogP contribution in [0.4, 0.5) is 0 Å². The molecule has 1 unspecified atom stereocenters. The third-order valence-electron chi connectivity index (χ3n) is 2.38. The van der Waals surface area contributed by atoms with Crippen LogP contribution in [-0.2, 0) is 9.59 Å². The molecule has 0 saturated heterocycles. The summed E-state index contributed by atoms with van der Waals surface area (Å²) in [4.78, 5) is 22.6. The van der Waals surface area contributed by atoms with Crippen LogP contribution in [0.5, 0.6) is 0 Å². The number of carboxylic acids is 1. The number of hydrogen-bond acceptors (Lipinski definition) is 3. The maximum absolute atomic E-state index is 11.8. The van der Waals surface area contributed by atoms with Crippen LogP contribution in [-0.4, -0.2) is 23.0 Å². The second kappa shape index (κ2) is 6.42. The van der Waals surface area contributed by atoms with E-state index in [4.69, 9.17) is 17.3 Å². The van der Waals surface area contributed by atoms with Gasteiger partial charge in [-0.15, -0.1) is 12.3 Å². The molecule has 1 rings (SSSR count). The first-order valence-corrected chi connectivity index (χ1v) is 5.33. The Labute approximate surface area is 105 Å². The highest BCUT2D eigenvalue weighted by molar-refractivity contribution is 5.87. The van der Waals surface area contributed by atoms with Crippen molar-refractivity contribution in [1.82, 2.24) is 5.32 Å². The van der Waals surface area contributed by atoms with Gasteiger partial charge in [0, 0.05) is 6.42 Å². The molecule has 0 bridgehead atoms. The summed E-state index contributed by atoms with van der Waals surface area (Å²) in [5, 5.41) is 11.2. The number of carbonyl (C=O) groups excluding carboxylic acids is 1. The quantitative estimate of drug-likeness (QED) is 0.651. The second-order valence-corrected chi connectivity index (χ2v) is 3.70. The van der Waals surface area contributed by atoms with E-state index in [-0.39, 0.29) is 6.42 Å². The Morgan fingerprint density at radius 2 is 2.00 bits per heavy atom. The van der Waals surface area contributed by atoms with Crippen molar-refractivity contribution in [3.05, 3.63) is 35.9 Å². The van der Waals surface area contributed by atoms with Crippen LogP contribution in [0.3, 0.4) is 0 Å². The number of carboxylic acid groups (broad SMARTS) is 1. The van der Waals surface area contributed by atoms with Gasteiger partial charge in [-0.2, -0.15) is 0 Å². The highest BCUT2D eigenvalue weighted by Gasteiger charge is 2.23. The lowest BCUT2D eigenvalue weighted by Crippen LogP contribution is -2.44. The standard InChI is InChI=1S/C13H14N2O3/c1-2-6-10(13(17)18)15-12(16)11(14)9-7-4-3-5-8-9/h1,3-5,7-8,10-11H,6,14H2,(H,15,16)(H,17,18)/t10?,11-/m0/s1. The highest BCUT2D eigenvalue weighted by atomic mass is 16.4. The monoisotopic (exact) mass is 246 g/mol. The molecule has 0 aromatic heterocycles. The van der Waals surface area contributed by atoms with Crippen LogP contribution in [0.1, 0.15) is 18.0 Å². The molecular weight excluding hydrogens is 232 g/mol. The molecule has 5 heteroatoms. The third-order valence-corrected chi connectivity index (χ3v) is 2.38. The number of hydrogen-bond donors (Lipinski definition) is 3. The van der Waals surface area contributed by atoms with E-state index in [2.05, 4.69) is 11.2 Å². The first kappa shape index (κ1) is 13.7. The zero-order valence-corrected chi connectivity index (χ0v) is 9.67. The molecule has 0 aliphatic heterocycles. The lowest BCUT2D eigenvalue weighted by molar-refractivity contribution is -0.141. The molecule has 1 aromatic carbocycles. The molecule has 5 nitrogen and oxygen atoms in total. The summed E-state index contributed by atoms with van der Waals surface area (Å²) in [5.74, 6) is 0.452. The molecule has 0 radical (unpaired) electrons. The van der Waals surface area contributed by atoms with E-state index in [1.54, 1.807) is 30.3 Å². The van der Waals surface area contributed by atoms with E-state index >= 15 is 0 Å². The van der Waals surface area contributed by atoms with E-state index in [1.165, 1.54) is 0 Å². The third kappa shape index (κ3) is 3.61. The summed E-state index contributed by atoms with van der Waals surface area (Å²) < 4.78 is 0. The number of nitrogens with two attached hydrogens (primary N) is 1. The fourth-order valence-corrected chi connectivity index (χ4v) is 1.39. The van der Waals surface area contributed by atoms with Crippen LogP contribution in [0.25, 0.3) is 0 Å². The molecule has 0 aliphatic rings. The first-order chi connectivity index (χ1) is 8.56. The fourth-order valence-electron chi connectivity index (χ4n) is 1.39. The highest BCUT2D eigenvalue weighted by Crippen LogP contribution is 2.09. The Morgan fingerprint density at radius 1 is 1.39 bits per heavy atom. The van der Waals surface area contributed by atoms with E-state index in [0.29, 0.717) is 5.56 Å². The van der Waals surface area contributed by atoms with Crippen LogP contribution >= 0.6 is 0 Å². The minimum Gasteiger partial charge on any atom is -0.480 e. The second-order valence-electron chi connectivity index (χ2n) is 3.70. The number of amides is 1. The summed E-state index contributed by atoms with van der Waals surface area (Å²) in [6.45, 7) is 0. The maximum Gasteiger partial charge on any atom is 0.327 e. The van der Waals surface area contributed by atoms with E-state index in [1.807, 2.05) is 0 Å². The topological polar surface area (TPSA) is 92.4 Å². The minimum absolute atomic E-state index is 0.0808. The number of benzene rings is 1. The van der Waals surface area contributed by atoms with Crippen molar-refractivity contribution < 1.29 is 14.7 Å². The van der Waals surface area contributed by atoms with Crippen molar-refractivity contribution in [1.29, 1.82) is 0 Å². The van der Waals surface area contributed by atoms with Crippen molar-refractivity contribution in [2.75, 3.05) is 0 Å².